The lowest BCUT2D eigenvalue weighted by atomic mass is 10.1. The molecule has 0 atom stereocenters. The minimum Gasteiger partial charge on any atom is -0.365 e. The van der Waals surface area contributed by atoms with Gasteiger partial charge in [0.1, 0.15) is 5.00 Å². The lowest BCUT2D eigenvalue weighted by Crippen LogP contribution is -2.19. The first-order valence-electron chi connectivity index (χ1n) is 8.75. The summed E-state index contributed by atoms with van der Waals surface area (Å²) in [5.41, 5.74) is 8.91. The van der Waals surface area contributed by atoms with E-state index >= 15 is 0 Å². The predicted molar refractivity (Wildman–Crippen MR) is 108 cm³/mol. The highest BCUT2D eigenvalue weighted by atomic mass is 32.2. The van der Waals surface area contributed by atoms with Crippen molar-refractivity contribution in [2.45, 2.75) is 31.3 Å². The van der Waals surface area contributed by atoms with Crippen LogP contribution in [0.1, 0.15) is 32.8 Å². The number of rotatable bonds is 6. The van der Waals surface area contributed by atoms with E-state index in [1.807, 2.05) is 31.2 Å². The Hall–Kier alpha value is -2.72. The number of anilines is 1. The summed E-state index contributed by atoms with van der Waals surface area (Å²) in [6.45, 7) is 1.99. The Morgan fingerprint density at radius 1 is 1.36 bits per heavy atom. The Bertz CT molecular complexity index is 1060. The number of carbonyl (C=O) groups excluding carboxylic acids is 2. The minimum atomic E-state index is -0.495. The van der Waals surface area contributed by atoms with Crippen molar-refractivity contribution < 1.29 is 9.59 Å². The van der Waals surface area contributed by atoms with E-state index in [2.05, 4.69) is 20.8 Å². The maximum atomic E-state index is 12.5. The van der Waals surface area contributed by atoms with Crippen LogP contribution >= 0.6 is 23.1 Å². The lowest BCUT2D eigenvalue weighted by molar-refractivity contribution is -0.113. The molecule has 0 saturated heterocycles. The maximum Gasteiger partial charge on any atom is 0.251 e. The van der Waals surface area contributed by atoms with E-state index in [0.717, 1.165) is 41.0 Å². The zero-order chi connectivity index (χ0) is 19.7. The van der Waals surface area contributed by atoms with Gasteiger partial charge >= 0.3 is 0 Å². The van der Waals surface area contributed by atoms with Gasteiger partial charge in [-0.1, -0.05) is 23.9 Å². The number of aryl methyl sites for hydroxylation is 2. The van der Waals surface area contributed by atoms with E-state index in [-0.39, 0.29) is 11.7 Å². The second-order valence-corrected chi connectivity index (χ2v) is 8.52. The third-order valence-electron chi connectivity index (χ3n) is 4.44. The van der Waals surface area contributed by atoms with Gasteiger partial charge in [0.25, 0.3) is 5.91 Å². The molecule has 3 N–H and O–H groups in total. The number of nitrogens with one attached hydrogen (secondary N) is 1. The van der Waals surface area contributed by atoms with Crippen LogP contribution in [0.4, 0.5) is 5.00 Å². The summed E-state index contributed by atoms with van der Waals surface area (Å²) in [4.78, 5) is 25.4. The summed E-state index contributed by atoms with van der Waals surface area (Å²) in [6.07, 6.45) is 2.78. The average Bonchev–Trinajstić information content (AvgIpc) is 3.35. The van der Waals surface area contributed by atoms with Crippen molar-refractivity contribution >= 4 is 39.9 Å². The quantitative estimate of drug-likeness (QED) is 0.598. The summed E-state index contributed by atoms with van der Waals surface area (Å²) in [5, 5.41) is 15.6. The Kier molecular flexibility index (Phi) is 5.14. The molecule has 1 aliphatic rings. The summed E-state index contributed by atoms with van der Waals surface area (Å²) in [6, 6.07) is 7.78. The van der Waals surface area contributed by atoms with E-state index in [9.17, 15) is 9.59 Å². The van der Waals surface area contributed by atoms with Crippen LogP contribution < -0.4 is 11.1 Å². The van der Waals surface area contributed by atoms with Gasteiger partial charge in [-0.05, 0) is 59.9 Å². The number of hydrogen-bond donors (Lipinski definition) is 2. The van der Waals surface area contributed by atoms with E-state index in [1.165, 1.54) is 23.1 Å². The molecule has 4 rings (SSSR count). The number of thioether (sulfide) groups is 1. The molecule has 2 aromatic heterocycles. The molecule has 0 bridgehead atoms. The van der Waals surface area contributed by atoms with Crippen molar-refractivity contribution in [2.24, 2.45) is 5.73 Å². The molecule has 1 aliphatic carbocycles. The standard InChI is InChI=1S/C18H18N6O2S2/c1-10-4-2-5-11(8-10)24-18(21-22-23-24)27-9-14(25)20-17-15(16(19)26)12-6-3-7-13(12)28-17/h2,4-5,8H,3,6-7,9H2,1H3,(H2,19,26)(H,20,25). The molecule has 28 heavy (non-hydrogen) atoms. The first kappa shape index (κ1) is 18.6. The first-order chi connectivity index (χ1) is 13.5. The van der Waals surface area contributed by atoms with Gasteiger partial charge in [-0.2, -0.15) is 4.68 Å². The summed E-state index contributed by atoms with van der Waals surface area (Å²) < 4.78 is 1.60. The van der Waals surface area contributed by atoms with Gasteiger partial charge < -0.3 is 11.1 Å². The highest BCUT2D eigenvalue weighted by Gasteiger charge is 2.26. The third-order valence-corrected chi connectivity index (χ3v) is 6.57. The van der Waals surface area contributed by atoms with Crippen molar-refractivity contribution in [1.29, 1.82) is 0 Å². The molecule has 2 heterocycles. The smallest absolute Gasteiger partial charge is 0.251 e. The molecule has 144 valence electrons. The summed E-state index contributed by atoms with van der Waals surface area (Å²) in [7, 11) is 0. The molecule has 0 unspecified atom stereocenters. The molecular weight excluding hydrogens is 396 g/mol. The average molecular weight is 415 g/mol. The topological polar surface area (TPSA) is 116 Å². The summed E-state index contributed by atoms with van der Waals surface area (Å²) in [5.74, 6) is -0.607. The number of hydrogen-bond acceptors (Lipinski definition) is 7. The van der Waals surface area contributed by atoms with Crippen molar-refractivity contribution in [1.82, 2.24) is 20.2 Å². The van der Waals surface area contributed by atoms with Crippen LogP contribution in [0.3, 0.4) is 0 Å². The van der Waals surface area contributed by atoms with Gasteiger partial charge in [0, 0.05) is 4.88 Å². The molecule has 0 radical (unpaired) electrons. The third kappa shape index (κ3) is 3.65. The second-order valence-electron chi connectivity index (χ2n) is 6.47. The number of aromatic nitrogens is 4. The van der Waals surface area contributed by atoms with Crippen LogP contribution in [0.15, 0.2) is 29.4 Å². The van der Waals surface area contributed by atoms with Crippen molar-refractivity contribution in [3.8, 4) is 5.69 Å². The van der Waals surface area contributed by atoms with Crippen LogP contribution in [0.2, 0.25) is 0 Å². The first-order valence-corrected chi connectivity index (χ1v) is 10.6. The zero-order valence-corrected chi connectivity index (χ0v) is 16.8. The molecule has 2 amide bonds. The van der Waals surface area contributed by atoms with E-state index in [0.29, 0.717) is 15.7 Å². The van der Waals surface area contributed by atoms with Crippen LogP contribution in [-0.4, -0.2) is 37.8 Å². The van der Waals surface area contributed by atoms with Crippen LogP contribution in [0, 0.1) is 6.92 Å². The number of carbonyl (C=O) groups is 2. The number of tetrazole rings is 1. The SMILES string of the molecule is Cc1cccc(-n2nnnc2SCC(=O)Nc2sc3c(c2C(N)=O)CCC3)c1. The number of fused-ring (bicyclic) bond motifs is 1. The van der Waals surface area contributed by atoms with Crippen molar-refractivity contribution in [3.63, 3.8) is 0 Å². The zero-order valence-electron chi connectivity index (χ0n) is 15.1. The molecule has 1 aromatic carbocycles. The van der Waals surface area contributed by atoms with Crippen LogP contribution in [0.5, 0.6) is 0 Å². The van der Waals surface area contributed by atoms with Gasteiger partial charge in [-0.25, -0.2) is 0 Å². The highest BCUT2D eigenvalue weighted by molar-refractivity contribution is 7.99. The van der Waals surface area contributed by atoms with Gasteiger partial charge in [-0.3, -0.25) is 9.59 Å². The van der Waals surface area contributed by atoms with Gasteiger partial charge in [-0.15, -0.1) is 16.4 Å². The normalized spacial score (nSPS) is 12.8. The van der Waals surface area contributed by atoms with E-state index < -0.39 is 5.91 Å². The van der Waals surface area contributed by atoms with Crippen molar-refractivity contribution in [3.05, 3.63) is 45.8 Å². The number of amides is 2. The molecule has 0 fully saturated rings. The molecule has 3 aromatic rings. The fourth-order valence-corrected chi connectivity index (χ4v) is 5.24. The Morgan fingerprint density at radius 2 is 2.21 bits per heavy atom. The van der Waals surface area contributed by atoms with Gasteiger partial charge in [0.05, 0.1) is 17.0 Å². The number of benzene rings is 1. The molecule has 8 nitrogen and oxygen atoms in total. The fraction of sp³-hybridized carbons (Fsp3) is 0.278. The number of primary amides is 1. The molecular formula is C18H18N6O2S2. The van der Waals surface area contributed by atoms with Crippen molar-refractivity contribution in [2.75, 3.05) is 11.1 Å². The minimum absolute atomic E-state index is 0.118. The monoisotopic (exact) mass is 414 g/mol. The molecule has 0 saturated carbocycles. The van der Waals surface area contributed by atoms with Crippen LogP contribution in [0.25, 0.3) is 5.69 Å². The Balaban J connectivity index is 1.46. The molecule has 0 spiro atoms. The summed E-state index contributed by atoms with van der Waals surface area (Å²) >= 11 is 2.67. The number of thiophene rings is 1. The highest BCUT2D eigenvalue weighted by Crippen LogP contribution is 2.38. The van der Waals surface area contributed by atoms with Gasteiger partial charge in [0.2, 0.25) is 11.1 Å². The van der Waals surface area contributed by atoms with Crippen LogP contribution in [-0.2, 0) is 17.6 Å². The van der Waals surface area contributed by atoms with E-state index in [4.69, 9.17) is 5.73 Å². The maximum absolute atomic E-state index is 12.5. The molecule has 0 aliphatic heterocycles. The fourth-order valence-electron chi connectivity index (χ4n) is 3.24. The van der Waals surface area contributed by atoms with E-state index in [1.54, 1.807) is 4.68 Å². The Morgan fingerprint density at radius 3 is 3.00 bits per heavy atom. The van der Waals surface area contributed by atoms with Gasteiger partial charge in [0.15, 0.2) is 0 Å². The predicted octanol–water partition coefficient (Wildman–Crippen LogP) is 2.35. The number of nitrogens with two attached hydrogens (primary N) is 1. The second kappa shape index (κ2) is 7.72. The lowest BCUT2D eigenvalue weighted by Gasteiger charge is -2.07. The Labute approximate surface area is 169 Å². The molecule has 10 heteroatoms. The largest absolute Gasteiger partial charge is 0.365 e. The number of nitrogens with zero attached hydrogens (tertiary/aromatic N) is 4.